The Hall–Kier alpha value is -1.68. The van der Waals surface area contributed by atoms with E-state index in [9.17, 15) is 9.59 Å². The SMILES string of the molecule is CC(C)(C)C(=O)C(N)c1ccccc1C(=O)O. The van der Waals surface area contributed by atoms with Gasteiger partial charge in [0.2, 0.25) is 0 Å². The second-order valence-corrected chi connectivity index (χ2v) is 4.98. The molecule has 4 nitrogen and oxygen atoms in total. The van der Waals surface area contributed by atoms with Crippen LogP contribution in [-0.2, 0) is 4.79 Å². The maximum Gasteiger partial charge on any atom is 0.336 e. The van der Waals surface area contributed by atoms with E-state index < -0.39 is 17.4 Å². The summed E-state index contributed by atoms with van der Waals surface area (Å²) in [5.41, 5.74) is 5.70. The summed E-state index contributed by atoms with van der Waals surface area (Å²) in [5, 5.41) is 9.03. The highest BCUT2D eigenvalue weighted by Crippen LogP contribution is 2.25. The van der Waals surface area contributed by atoms with Gasteiger partial charge >= 0.3 is 5.97 Å². The van der Waals surface area contributed by atoms with Crippen LogP contribution in [0.1, 0.15) is 42.7 Å². The minimum absolute atomic E-state index is 0.0811. The first kappa shape index (κ1) is 13.4. The van der Waals surface area contributed by atoms with Crippen molar-refractivity contribution in [3.63, 3.8) is 0 Å². The van der Waals surface area contributed by atoms with Crippen LogP contribution < -0.4 is 5.73 Å². The van der Waals surface area contributed by atoms with Gasteiger partial charge in [0.25, 0.3) is 0 Å². The first-order valence-electron chi connectivity index (χ1n) is 5.37. The molecular formula is C13H17NO3. The number of carbonyl (C=O) groups excluding carboxylic acids is 1. The number of hydrogen-bond acceptors (Lipinski definition) is 3. The summed E-state index contributed by atoms with van der Waals surface area (Å²) in [6.07, 6.45) is 0. The summed E-state index contributed by atoms with van der Waals surface area (Å²) in [4.78, 5) is 23.1. The van der Waals surface area contributed by atoms with Crippen molar-refractivity contribution in [2.45, 2.75) is 26.8 Å². The summed E-state index contributed by atoms with van der Waals surface area (Å²) >= 11 is 0. The van der Waals surface area contributed by atoms with E-state index in [0.717, 1.165) is 0 Å². The fourth-order valence-electron chi connectivity index (χ4n) is 1.57. The van der Waals surface area contributed by atoms with E-state index in [1.54, 1.807) is 39.0 Å². The zero-order valence-corrected chi connectivity index (χ0v) is 10.2. The number of nitrogens with two attached hydrogens (primary N) is 1. The maximum atomic E-state index is 12.0. The quantitative estimate of drug-likeness (QED) is 0.839. The molecule has 0 amide bonds. The lowest BCUT2D eigenvalue weighted by atomic mass is 9.83. The van der Waals surface area contributed by atoms with Gasteiger partial charge in [0.1, 0.15) is 0 Å². The summed E-state index contributed by atoms with van der Waals surface area (Å²) in [6, 6.07) is 5.42. The molecule has 1 rings (SSSR count). The van der Waals surface area contributed by atoms with Gasteiger partial charge in [-0.3, -0.25) is 4.79 Å². The zero-order chi connectivity index (χ0) is 13.2. The van der Waals surface area contributed by atoms with E-state index in [0.29, 0.717) is 5.56 Å². The van der Waals surface area contributed by atoms with Crippen molar-refractivity contribution < 1.29 is 14.7 Å². The molecule has 0 fully saturated rings. The number of carboxylic acids is 1. The topological polar surface area (TPSA) is 80.4 Å². The molecule has 0 aliphatic carbocycles. The molecule has 0 radical (unpaired) electrons. The lowest BCUT2D eigenvalue weighted by Crippen LogP contribution is -2.33. The maximum absolute atomic E-state index is 12.0. The standard InChI is InChI=1S/C13H17NO3/c1-13(2,3)11(15)10(14)8-6-4-5-7-9(8)12(16)17/h4-7,10H,14H2,1-3H3,(H,16,17). The van der Waals surface area contributed by atoms with Crippen LogP contribution in [0.3, 0.4) is 0 Å². The largest absolute Gasteiger partial charge is 0.478 e. The third-order valence-electron chi connectivity index (χ3n) is 2.55. The van der Waals surface area contributed by atoms with Crippen molar-refractivity contribution in [1.29, 1.82) is 0 Å². The van der Waals surface area contributed by atoms with Gasteiger partial charge in [-0.15, -0.1) is 0 Å². The molecule has 1 atom stereocenters. The average molecular weight is 235 g/mol. The van der Waals surface area contributed by atoms with Crippen molar-refractivity contribution >= 4 is 11.8 Å². The number of benzene rings is 1. The summed E-state index contributed by atoms with van der Waals surface area (Å²) in [6.45, 7) is 5.29. The number of carbonyl (C=O) groups is 2. The minimum atomic E-state index is -1.07. The molecule has 4 heteroatoms. The van der Waals surface area contributed by atoms with E-state index in [1.807, 2.05) is 0 Å². The van der Waals surface area contributed by atoms with Gasteiger partial charge in [-0.25, -0.2) is 4.79 Å². The van der Waals surface area contributed by atoms with E-state index in [1.165, 1.54) is 6.07 Å². The molecule has 3 N–H and O–H groups in total. The van der Waals surface area contributed by atoms with Crippen LogP contribution in [0.25, 0.3) is 0 Å². The molecule has 92 valence electrons. The molecule has 0 saturated carbocycles. The van der Waals surface area contributed by atoms with E-state index in [2.05, 4.69) is 0 Å². The Morgan fingerprint density at radius 1 is 1.24 bits per heavy atom. The second kappa shape index (κ2) is 4.67. The van der Waals surface area contributed by atoms with Gasteiger partial charge in [-0.1, -0.05) is 39.0 Å². The normalized spacial score (nSPS) is 13.2. The van der Waals surface area contributed by atoms with Gasteiger partial charge in [-0.05, 0) is 11.6 Å². The minimum Gasteiger partial charge on any atom is -0.478 e. The van der Waals surface area contributed by atoms with Gasteiger partial charge in [0, 0.05) is 5.41 Å². The van der Waals surface area contributed by atoms with Crippen LogP contribution in [0, 0.1) is 5.41 Å². The first-order valence-corrected chi connectivity index (χ1v) is 5.37. The molecule has 1 unspecified atom stereocenters. The number of hydrogen-bond donors (Lipinski definition) is 2. The van der Waals surface area contributed by atoms with Crippen LogP contribution in [-0.4, -0.2) is 16.9 Å². The molecule has 0 aromatic heterocycles. The fourth-order valence-corrected chi connectivity index (χ4v) is 1.57. The Morgan fingerprint density at radius 2 is 1.76 bits per heavy atom. The Balaban J connectivity index is 3.17. The number of carboxylic acid groups (broad SMARTS) is 1. The monoisotopic (exact) mass is 235 g/mol. The Kier molecular flexibility index (Phi) is 3.68. The Morgan fingerprint density at radius 3 is 2.24 bits per heavy atom. The molecule has 0 aliphatic rings. The van der Waals surface area contributed by atoms with Crippen LogP contribution >= 0.6 is 0 Å². The molecule has 0 aliphatic heterocycles. The smallest absolute Gasteiger partial charge is 0.336 e. The Labute approximate surface area is 100 Å². The number of Topliss-reactive ketones (excluding diaryl/α,β-unsaturated/α-hetero) is 1. The molecule has 0 saturated heterocycles. The first-order chi connectivity index (χ1) is 7.75. The lowest BCUT2D eigenvalue weighted by Gasteiger charge is -2.22. The van der Waals surface area contributed by atoms with E-state index in [4.69, 9.17) is 10.8 Å². The number of aromatic carboxylic acids is 1. The molecule has 0 heterocycles. The van der Waals surface area contributed by atoms with E-state index in [-0.39, 0.29) is 11.3 Å². The third-order valence-corrected chi connectivity index (χ3v) is 2.55. The predicted molar refractivity (Wildman–Crippen MR) is 64.8 cm³/mol. The lowest BCUT2D eigenvalue weighted by molar-refractivity contribution is -0.127. The van der Waals surface area contributed by atoms with Crippen LogP contribution in [0.2, 0.25) is 0 Å². The van der Waals surface area contributed by atoms with Crippen molar-refractivity contribution in [2.75, 3.05) is 0 Å². The highest BCUT2D eigenvalue weighted by atomic mass is 16.4. The highest BCUT2D eigenvalue weighted by molar-refractivity contribution is 5.95. The third kappa shape index (κ3) is 2.91. The predicted octanol–water partition coefficient (Wildman–Crippen LogP) is 2.00. The molecule has 1 aromatic carbocycles. The summed E-state index contributed by atoms with van der Waals surface area (Å²) < 4.78 is 0. The summed E-state index contributed by atoms with van der Waals surface area (Å²) in [7, 11) is 0. The van der Waals surface area contributed by atoms with Gasteiger partial charge in [-0.2, -0.15) is 0 Å². The van der Waals surface area contributed by atoms with Crippen molar-refractivity contribution in [3.8, 4) is 0 Å². The molecule has 0 spiro atoms. The fraction of sp³-hybridized carbons (Fsp3) is 0.385. The molecule has 17 heavy (non-hydrogen) atoms. The van der Waals surface area contributed by atoms with Crippen molar-refractivity contribution in [3.05, 3.63) is 35.4 Å². The number of rotatable bonds is 3. The Bertz CT molecular complexity index is 446. The molecule has 1 aromatic rings. The number of ketones is 1. The van der Waals surface area contributed by atoms with E-state index >= 15 is 0 Å². The van der Waals surface area contributed by atoms with Gasteiger partial charge < -0.3 is 10.8 Å². The molecule has 0 bridgehead atoms. The molecular weight excluding hydrogens is 218 g/mol. The van der Waals surface area contributed by atoms with Crippen LogP contribution in [0.5, 0.6) is 0 Å². The second-order valence-electron chi connectivity index (χ2n) is 4.98. The van der Waals surface area contributed by atoms with Crippen LogP contribution in [0.4, 0.5) is 0 Å². The summed E-state index contributed by atoms with van der Waals surface area (Å²) in [5.74, 6) is -1.25. The van der Waals surface area contributed by atoms with Gasteiger partial charge in [0.15, 0.2) is 5.78 Å². The average Bonchev–Trinajstić information content (AvgIpc) is 2.25. The van der Waals surface area contributed by atoms with Crippen molar-refractivity contribution in [1.82, 2.24) is 0 Å². The highest BCUT2D eigenvalue weighted by Gasteiger charge is 2.30. The van der Waals surface area contributed by atoms with Crippen LogP contribution in [0.15, 0.2) is 24.3 Å². The van der Waals surface area contributed by atoms with Gasteiger partial charge in [0.05, 0.1) is 11.6 Å². The van der Waals surface area contributed by atoms with Crippen molar-refractivity contribution in [2.24, 2.45) is 11.1 Å². The zero-order valence-electron chi connectivity index (χ0n) is 10.2.